The number of nitrogens with one attached hydrogen (secondary N) is 1. The molecule has 0 amide bonds. The molecule has 1 aromatic rings. The molecule has 0 aliphatic carbocycles. The quantitative estimate of drug-likeness (QED) is 0.863. The molecule has 5 heteroatoms. The Balaban J connectivity index is 1.94. The number of aliphatic carboxylic acids is 1. The highest BCUT2D eigenvalue weighted by atomic mass is 16.6. The predicted octanol–water partition coefficient (Wildman–Crippen LogP) is 1.81. The zero-order chi connectivity index (χ0) is 14.3. The molecule has 5 nitrogen and oxygen atoms in total. The summed E-state index contributed by atoms with van der Waals surface area (Å²) in [5.41, 5.74) is 3.35. The highest BCUT2D eigenvalue weighted by Crippen LogP contribution is 2.41. The first-order valence-electron chi connectivity index (χ1n) is 6.94. The predicted molar refractivity (Wildman–Crippen MR) is 73.4 cm³/mol. The number of hydrogen-bond donors (Lipinski definition) is 2. The fourth-order valence-electron chi connectivity index (χ4n) is 2.99. The largest absolute Gasteiger partial charge is 0.486 e. The van der Waals surface area contributed by atoms with Gasteiger partial charge >= 0.3 is 5.97 Å². The van der Waals surface area contributed by atoms with Crippen molar-refractivity contribution in [3.63, 3.8) is 0 Å². The van der Waals surface area contributed by atoms with E-state index < -0.39 is 5.97 Å². The lowest BCUT2D eigenvalue weighted by atomic mass is 9.93. The molecule has 2 heterocycles. The molecule has 1 aromatic carbocycles. The van der Waals surface area contributed by atoms with Crippen molar-refractivity contribution in [1.82, 2.24) is 5.32 Å². The van der Waals surface area contributed by atoms with Crippen LogP contribution >= 0.6 is 0 Å². The van der Waals surface area contributed by atoms with E-state index in [-0.39, 0.29) is 12.0 Å². The summed E-state index contributed by atoms with van der Waals surface area (Å²) in [6.07, 6.45) is 0.620. The summed E-state index contributed by atoms with van der Waals surface area (Å²) >= 11 is 0. The smallest absolute Gasteiger partial charge is 0.307 e. The Hall–Kier alpha value is -1.75. The topological polar surface area (TPSA) is 67.8 Å². The molecular formula is C15H19NO4. The first kappa shape index (κ1) is 13.2. The normalized spacial score (nSPS) is 24.7. The van der Waals surface area contributed by atoms with Crippen LogP contribution in [0.4, 0.5) is 0 Å². The summed E-state index contributed by atoms with van der Waals surface area (Å²) in [5, 5.41) is 12.4. The van der Waals surface area contributed by atoms with Gasteiger partial charge in [-0.1, -0.05) is 0 Å². The third-order valence-corrected chi connectivity index (χ3v) is 4.29. The number of rotatable bonds is 2. The van der Waals surface area contributed by atoms with Gasteiger partial charge in [0.15, 0.2) is 11.5 Å². The minimum atomic E-state index is -0.730. The van der Waals surface area contributed by atoms with E-state index in [4.69, 9.17) is 14.6 Å². The van der Waals surface area contributed by atoms with Crippen LogP contribution in [0.3, 0.4) is 0 Å². The van der Waals surface area contributed by atoms with Crippen molar-refractivity contribution in [2.24, 2.45) is 5.92 Å². The van der Waals surface area contributed by atoms with Crippen LogP contribution in [0.2, 0.25) is 0 Å². The van der Waals surface area contributed by atoms with Gasteiger partial charge in [-0.3, -0.25) is 4.79 Å². The second-order valence-electron chi connectivity index (χ2n) is 5.47. The van der Waals surface area contributed by atoms with Gasteiger partial charge in [-0.25, -0.2) is 0 Å². The first-order valence-corrected chi connectivity index (χ1v) is 6.94. The van der Waals surface area contributed by atoms with E-state index in [1.807, 2.05) is 13.0 Å². The highest BCUT2D eigenvalue weighted by Gasteiger charge is 2.32. The Bertz CT molecular complexity index is 555. The van der Waals surface area contributed by atoms with Crippen LogP contribution in [-0.2, 0) is 4.79 Å². The second-order valence-corrected chi connectivity index (χ2v) is 5.47. The van der Waals surface area contributed by atoms with Gasteiger partial charge in [0.05, 0.1) is 5.92 Å². The van der Waals surface area contributed by atoms with Gasteiger partial charge in [-0.2, -0.15) is 0 Å². The molecule has 0 radical (unpaired) electrons. The molecule has 0 bridgehead atoms. The van der Waals surface area contributed by atoms with E-state index in [1.54, 1.807) is 0 Å². The minimum Gasteiger partial charge on any atom is -0.486 e. The van der Waals surface area contributed by atoms with Crippen molar-refractivity contribution >= 4 is 5.97 Å². The number of carboxylic acid groups (broad SMARTS) is 1. The lowest BCUT2D eigenvalue weighted by Gasteiger charge is -2.25. The minimum absolute atomic E-state index is 0.0747. The number of hydrogen-bond acceptors (Lipinski definition) is 4. The van der Waals surface area contributed by atoms with Crippen LogP contribution in [0.15, 0.2) is 6.07 Å². The number of benzene rings is 1. The summed E-state index contributed by atoms with van der Waals surface area (Å²) in [4.78, 5) is 11.1. The van der Waals surface area contributed by atoms with Gasteiger partial charge in [-0.05, 0) is 43.0 Å². The molecule has 2 unspecified atom stereocenters. The van der Waals surface area contributed by atoms with Crippen molar-refractivity contribution in [2.75, 3.05) is 19.8 Å². The zero-order valence-electron chi connectivity index (χ0n) is 11.7. The van der Waals surface area contributed by atoms with Gasteiger partial charge in [0.1, 0.15) is 13.2 Å². The van der Waals surface area contributed by atoms with Gasteiger partial charge < -0.3 is 19.9 Å². The number of carboxylic acids is 1. The monoisotopic (exact) mass is 277 g/mol. The average Bonchev–Trinajstić information content (AvgIpc) is 2.92. The Morgan fingerprint density at radius 3 is 2.75 bits per heavy atom. The number of carbonyl (C=O) groups is 1. The lowest BCUT2D eigenvalue weighted by Crippen LogP contribution is -2.20. The van der Waals surface area contributed by atoms with Gasteiger partial charge in [0, 0.05) is 12.6 Å². The Labute approximate surface area is 117 Å². The van der Waals surface area contributed by atoms with Crippen LogP contribution in [0.25, 0.3) is 0 Å². The Kier molecular flexibility index (Phi) is 3.30. The lowest BCUT2D eigenvalue weighted by molar-refractivity contribution is -0.141. The van der Waals surface area contributed by atoms with Gasteiger partial charge in [0.25, 0.3) is 0 Å². The summed E-state index contributed by atoms with van der Waals surface area (Å²) in [5.74, 6) is 0.556. The van der Waals surface area contributed by atoms with Crippen LogP contribution in [0, 0.1) is 19.8 Å². The van der Waals surface area contributed by atoms with Crippen molar-refractivity contribution in [3.8, 4) is 11.5 Å². The van der Waals surface area contributed by atoms with Crippen LogP contribution in [-0.4, -0.2) is 30.8 Å². The van der Waals surface area contributed by atoms with Crippen molar-refractivity contribution in [2.45, 2.75) is 26.3 Å². The fraction of sp³-hybridized carbons (Fsp3) is 0.533. The van der Waals surface area contributed by atoms with Gasteiger partial charge in [-0.15, -0.1) is 0 Å². The molecule has 108 valence electrons. The molecule has 2 aliphatic rings. The van der Waals surface area contributed by atoms with Crippen molar-refractivity contribution in [3.05, 3.63) is 22.8 Å². The van der Waals surface area contributed by atoms with Gasteiger partial charge in [0.2, 0.25) is 0 Å². The standard InChI is InChI=1S/C15H19NO4/c1-8-9(2)14-13(19-3-4-20-14)6-11(8)12-5-10(7-16-12)15(17)18/h6,10,12,16H,3-5,7H2,1-2H3,(H,17,18). The van der Waals surface area contributed by atoms with Crippen molar-refractivity contribution in [1.29, 1.82) is 0 Å². The number of fused-ring (bicyclic) bond motifs is 1. The Morgan fingerprint density at radius 2 is 2.05 bits per heavy atom. The molecule has 1 saturated heterocycles. The summed E-state index contributed by atoms with van der Waals surface area (Å²) < 4.78 is 11.3. The van der Waals surface area contributed by atoms with Crippen molar-refractivity contribution < 1.29 is 19.4 Å². The first-order chi connectivity index (χ1) is 9.58. The van der Waals surface area contributed by atoms with E-state index in [9.17, 15) is 4.79 Å². The Morgan fingerprint density at radius 1 is 1.30 bits per heavy atom. The zero-order valence-corrected chi connectivity index (χ0v) is 11.7. The maximum absolute atomic E-state index is 11.1. The molecule has 0 aromatic heterocycles. The third kappa shape index (κ3) is 2.12. The number of ether oxygens (including phenoxy) is 2. The molecule has 0 saturated carbocycles. The third-order valence-electron chi connectivity index (χ3n) is 4.29. The molecule has 2 atom stereocenters. The van der Waals surface area contributed by atoms with Crippen LogP contribution < -0.4 is 14.8 Å². The molecular weight excluding hydrogens is 258 g/mol. The second kappa shape index (κ2) is 4.98. The van der Waals surface area contributed by atoms with E-state index >= 15 is 0 Å². The molecule has 1 fully saturated rings. The molecule has 0 spiro atoms. The molecule has 3 rings (SSSR count). The van der Waals surface area contributed by atoms with E-state index in [0.717, 1.165) is 28.2 Å². The van der Waals surface area contributed by atoms with Crippen LogP contribution in [0.1, 0.15) is 29.2 Å². The van der Waals surface area contributed by atoms with E-state index in [1.165, 1.54) is 0 Å². The maximum Gasteiger partial charge on any atom is 0.307 e. The highest BCUT2D eigenvalue weighted by molar-refractivity contribution is 5.71. The molecule has 20 heavy (non-hydrogen) atoms. The van der Waals surface area contributed by atoms with E-state index in [2.05, 4.69) is 12.2 Å². The summed E-state index contributed by atoms with van der Waals surface area (Å²) in [6, 6.07) is 2.07. The molecule has 2 N–H and O–H groups in total. The average molecular weight is 277 g/mol. The summed E-state index contributed by atoms with van der Waals surface area (Å²) in [6.45, 7) is 5.74. The molecule has 2 aliphatic heterocycles. The SMILES string of the molecule is Cc1c(C2CC(C(=O)O)CN2)cc2c(c1C)OCCO2. The van der Waals surface area contributed by atoms with Crippen LogP contribution in [0.5, 0.6) is 11.5 Å². The maximum atomic E-state index is 11.1. The van der Waals surface area contributed by atoms with E-state index in [0.29, 0.717) is 26.2 Å². The fourth-order valence-corrected chi connectivity index (χ4v) is 2.99. The summed E-state index contributed by atoms with van der Waals surface area (Å²) in [7, 11) is 0.